The van der Waals surface area contributed by atoms with Gasteiger partial charge in [0, 0.05) is 13.1 Å². The number of carbonyl (C=O) groups is 3. The summed E-state index contributed by atoms with van der Waals surface area (Å²) < 4.78 is 13.0. The number of carbonyl (C=O) groups excluding carboxylic acids is 3. The number of rotatable bonds is 2. The van der Waals surface area contributed by atoms with E-state index in [2.05, 4.69) is 0 Å². The van der Waals surface area contributed by atoms with Gasteiger partial charge in [-0.05, 0) is 24.6 Å². The van der Waals surface area contributed by atoms with Crippen molar-refractivity contribution in [2.75, 3.05) is 18.8 Å². The van der Waals surface area contributed by atoms with Crippen molar-refractivity contribution in [3.63, 3.8) is 0 Å². The van der Waals surface area contributed by atoms with Crippen LogP contribution >= 0.6 is 23.4 Å². The molecule has 0 bridgehead atoms. The lowest BCUT2D eigenvalue weighted by Gasteiger charge is -2.22. The molecule has 3 rings (SSSR count). The number of halogens is 2. The summed E-state index contributed by atoms with van der Waals surface area (Å²) in [5, 5.41) is -0.207. The van der Waals surface area contributed by atoms with Gasteiger partial charge in [0.05, 0.1) is 22.4 Å². The Bertz CT molecular complexity index is 653. The molecule has 0 aliphatic carbocycles. The van der Waals surface area contributed by atoms with Crippen molar-refractivity contribution in [1.29, 1.82) is 0 Å². The Hall–Kier alpha value is -1.60. The van der Waals surface area contributed by atoms with Crippen LogP contribution in [-0.4, -0.2) is 51.7 Å². The van der Waals surface area contributed by atoms with E-state index in [1.807, 2.05) is 0 Å². The number of likely N-dealkylation sites (tertiary alicyclic amines) is 1. The average Bonchev–Trinajstić information content (AvgIpc) is 3.05. The molecule has 0 aromatic heterocycles. The van der Waals surface area contributed by atoms with Crippen LogP contribution in [0.1, 0.15) is 16.8 Å². The molecule has 3 amide bonds. The van der Waals surface area contributed by atoms with E-state index >= 15 is 0 Å². The van der Waals surface area contributed by atoms with Crippen LogP contribution in [0.4, 0.5) is 9.18 Å². The fraction of sp³-hybridized carbons (Fsp3) is 0.357. The molecular formula is C14H12ClFN2O3S. The third-order valence-electron chi connectivity index (χ3n) is 3.76. The van der Waals surface area contributed by atoms with E-state index < -0.39 is 5.82 Å². The average molecular weight is 343 g/mol. The number of thioether (sulfide) groups is 1. The molecule has 0 radical (unpaired) electrons. The molecule has 8 heteroatoms. The van der Waals surface area contributed by atoms with Crippen molar-refractivity contribution in [2.24, 2.45) is 0 Å². The van der Waals surface area contributed by atoms with Gasteiger partial charge in [-0.25, -0.2) is 4.39 Å². The molecule has 2 aliphatic rings. The highest BCUT2D eigenvalue weighted by Gasteiger charge is 2.40. The standard InChI is InChI=1S/C14H12ClFN2O3S/c15-11-5-8(16)1-2-10(11)13(20)17-4-3-9(6-17)18-12(19)7-22-14(18)21/h1-2,5,9H,3-4,6-7H2/t9-/m0/s1. The molecule has 2 fully saturated rings. The maximum absolute atomic E-state index is 13.0. The first kappa shape index (κ1) is 15.3. The Kier molecular flexibility index (Phi) is 4.10. The van der Waals surface area contributed by atoms with E-state index in [4.69, 9.17) is 11.6 Å². The molecule has 2 aliphatic heterocycles. The van der Waals surface area contributed by atoms with Gasteiger partial charge in [0.1, 0.15) is 5.82 Å². The number of benzene rings is 1. The lowest BCUT2D eigenvalue weighted by Crippen LogP contribution is -2.41. The summed E-state index contributed by atoms with van der Waals surface area (Å²) in [7, 11) is 0. The highest BCUT2D eigenvalue weighted by atomic mass is 35.5. The molecule has 116 valence electrons. The molecule has 22 heavy (non-hydrogen) atoms. The van der Waals surface area contributed by atoms with Gasteiger partial charge in [-0.1, -0.05) is 23.4 Å². The Balaban J connectivity index is 1.73. The summed E-state index contributed by atoms with van der Waals surface area (Å²) in [5.74, 6) is -0.882. The number of amides is 3. The molecule has 1 aromatic rings. The molecule has 1 atom stereocenters. The zero-order chi connectivity index (χ0) is 15.9. The van der Waals surface area contributed by atoms with E-state index in [1.54, 1.807) is 0 Å². The Morgan fingerprint density at radius 1 is 1.36 bits per heavy atom. The second-order valence-electron chi connectivity index (χ2n) is 5.14. The largest absolute Gasteiger partial charge is 0.336 e. The van der Waals surface area contributed by atoms with Crippen molar-refractivity contribution in [1.82, 2.24) is 9.80 Å². The van der Waals surface area contributed by atoms with Crippen LogP contribution in [0.25, 0.3) is 0 Å². The topological polar surface area (TPSA) is 57.7 Å². The first-order valence-corrected chi connectivity index (χ1v) is 8.07. The fourth-order valence-electron chi connectivity index (χ4n) is 2.69. The summed E-state index contributed by atoms with van der Waals surface area (Å²) in [5.41, 5.74) is 0.220. The van der Waals surface area contributed by atoms with E-state index in [0.717, 1.165) is 17.8 Å². The smallest absolute Gasteiger partial charge is 0.289 e. The summed E-state index contributed by atoms with van der Waals surface area (Å²) in [6.07, 6.45) is 0.544. The van der Waals surface area contributed by atoms with Gasteiger partial charge in [0.25, 0.3) is 11.1 Å². The van der Waals surface area contributed by atoms with Gasteiger partial charge in [-0.15, -0.1) is 0 Å². The van der Waals surface area contributed by atoms with Crippen LogP contribution < -0.4 is 0 Å². The lowest BCUT2D eigenvalue weighted by atomic mass is 10.2. The molecule has 5 nitrogen and oxygen atoms in total. The molecule has 0 saturated carbocycles. The molecule has 0 N–H and O–H groups in total. The molecule has 2 heterocycles. The number of hydrogen-bond donors (Lipinski definition) is 0. The fourth-order valence-corrected chi connectivity index (χ4v) is 3.71. The second kappa shape index (κ2) is 5.89. The predicted molar refractivity (Wildman–Crippen MR) is 80.4 cm³/mol. The van der Waals surface area contributed by atoms with Gasteiger partial charge in [-0.3, -0.25) is 19.3 Å². The van der Waals surface area contributed by atoms with Gasteiger partial charge >= 0.3 is 0 Å². The first-order valence-electron chi connectivity index (χ1n) is 6.70. The van der Waals surface area contributed by atoms with Crippen LogP contribution in [0.5, 0.6) is 0 Å². The van der Waals surface area contributed by atoms with Crippen LogP contribution in [-0.2, 0) is 4.79 Å². The van der Waals surface area contributed by atoms with Crippen LogP contribution in [0.15, 0.2) is 18.2 Å². The quantitative estimate of drug-likeness (QED) is 0.828. The molecule has 0 unspecified atom stereocenters. The zero-order valence-electron chi connectivity index (χ0n) is 11.4. The van der Waals surface area contributed by atoms with Crippen molar-refractivity contribution in [2.45, 2.75) is 12.5 Å². The Labute approximate surface area is 135 Å². The Morgan fingerprint density at radius 2 is 2.14 bits per heavy atom. The summed E-state index contributed by atoms with van der Waals surface area (Å²) in [4.78, 5) is 38.6. The minimum absolute atomic E-state index is 0.0531. The summed E-state index contributed by atoms with van der Waals surface area (Å²) >= 11 is 6.88. The lowest BCUT2D eigenvalue weighted by molar-refractivity contribution is -0.126. The van der Waals surface area contributed by atoms with Crippen LogP contribution in [0.2, 0.25) is 5.02 Å². The van der Waals surface area contributed by atoms with E-state index in [-0.39, 0.29) is 46.0 Å². The van der Waals surface area contributed by atoms with Crippen LogP contribution in [0.3, 0.4) is 0 Å². The summed E-state index contributed by atoms with van der Waals surface area (Å²) in [6.45, 7) is 0.712. The van der Waals surface area contributed by atoms with E-state index in [0.29, 0.717) is 13.0 Å². The third kappa shape index (κ3) is 2.70. The normalized spacial score (nSPS) is 21.8. The van der Waals surface area contributed by atoms with Crippen LogP contribution in [0, 0.1) is 5.82 Å². The van der Waals surface area contributed by atoms with Crippen molar-refractivity contribution in [3.8, 4) is 0 Å². The third-order valence-corrected chi connectivity index (χ3v) is 4.91. The zero-order valence-corrected chi connectivity index (χ0v) is 13.0. The maximum Gasteiger partial charge on any atom is 0.289 e. The van der Waals surface area contributed by atoms with Crippen molar-refractivity contribution in [3.05, 3.63) is 34.6 Å². The predicted octanol–water partition coefficient (Wildman–Crippen LogP) is 2.39. The van der Waals surface area contributed by atoms with E-state index in [9.17, 15) is 18.8 Å². The number of imide groups is 1. The monoisotopic (exact) mass is 342 g/mol. The van der Waals surface area contributed by atoms with Crippen molar-refractivity contribution < 1.29 is 18.8 Å². The maximum atomic E-state index is 13.0. The molecular weight excluding hydrogens is 331 g/mol. The van der Waals surface area contributed by atoms with Gasteiger partial charge < -0.3 is 4.90 Å². The van der Waals surface area contributed by atoms with E-state index in [1.165, 1.54) is 21.9 Å². The first-order chi connectivity index (χ1) is 10.5. The van der Waals surface area contributed by atoms with Gasteiger partial charge in [0.2, 0.25) is 5.91 Å². The summed E-state index contributed by atoms with van der Waals surface area (Å²) in [6, 6.07) is 3.32. The second-order valence-corrected chi connectivity index (χ2v) is 6.47. The highest BCUT2D eigenvalue weighted by molar-refractivity contribution is 8.14. The number of hydrogen-bond acceptors (Lipinski definition) is 4. The Morgan fingerprint density at radius 3 is 2.77 bits per heavy atom. The SMILES string of the molecule is O=C(c1ccc(F)cc1Cl)N1CC[C@H](N2C(=O)CSC2=O)C1. The molecule has 1 aromatic carbocycles. The van der Waals surface area contributed by atoms with Crippen molar-refractivity contribution >= 4 is 40.4 Å². The minimum Gasteiger partial charge on any atom is -0.336 e. The molecule has 2 saturated heterocycles. The number of nitrogens with zero attached hydrogens (tertiary/aromatic N) is 2. The van der Waals surface area contributed by atoms with Gasteiger partial charge in [0.15, 0.2) is 0 Å². The minimum atomic E-state index is -0.508. The molecule has 0 spiro atoms. The van der Waals surface area contributed by atoms with Gasteiger partial charge in [-0.2, -0.15) is 0 Å². The highest BCUT2D eigenvalue weighted by Crippen LogP contribution is 2.28.